The first-order valence-electron chi connectivity index (χ1n) is 12.1. The van der Waals surface area contributed by atoms with E-state index in [9.17, 15) is 14.7 Å². The molecule has 1 aliphatic rings. The first-order valence-corrected chi connectivity index (χ1v) is 12.5. The highest BCUT2D eigenvalue weighted by Gasteiger charge is 2.51. The minimum absolute atomic E-state index is 0.503. The summed E-state index contributed by atoms with van der Waals surface area (Å²) in [5.41, 5.74) is 5.38. The number of para-hydroxylation sites is 1. The molecule has 1 saturated carbocycles. The third-order valence-electron chi connectivity index (χ3n) is 6.92. The molecule has 4 aromatic rings. The molecule has 0 radical (unpaired) electrons. The van der Waals surface area contributed by atoms with Gasteiger partial charge in [-0.25, -0.2) is 4.79 Å². The fourth-order valence-electron chi connectivity index (χ4n) is 4.59. The van der Waals surface area contributed by atoms with Gasteiger partial charge in [0.05, 0.1) is 11.1 Å². The second-order valence-electron chi connectivity index (χ2n) is 9.28. The number of amides is 1. The Hall–Kier alpha value is -4.09. The molecule has 6 heteroatoms. The van der Waals surface area contributed by atoms with E-state index in [4.69, 9.17) is 16.3 Å². The lowest BCUT2D eigenvalue weighted by Crippen LogP contribution is -2.19. The zero-order chi connectivity index (χ0) is 26.0. The molecule has 0 bridgehead atoms. The number of carbonyl (C=O) groups is 2. The van der Waals surface area contributed by atoms with Gasteiger partial charge in [-0.15, -0.1) is 0 Å². The third-order valence-corrected chi connectivity index (χ3v) is 7.26. The van der Waals surface area contributed by atoms with Crippen molar-refractivity contribution in [2.24, 2.45) is 0 Å². The van der Waals surface area contributed by atoms with Crippen molar-refractivity contribution < 1.29 is 19.4 Å². The van der Waals surface area contributed by atoms with E-state index in [1.54, 1.807) is 13.0 Å². The van der Waals surface area contributed by atoms with E-state index in [2.05, 4.69) is 5.32 Å². The second kappa shape index (κ2) is 10.1. The Balaban J connectivity index is 1.30. The van der Waals surface area contributed by atoms with Crippen molar-refractivity contribution in [3.05, 3.63) is 113 Å². The second-order valence-corrected chi connectivity index (χ2v) is 9.69. The molecule has 1 fully saturated rings. The normalized spacial score (nSPS) is 14.4. The van der Waals surface area contributed by atoms with Crippen LogP contribution in [0.4, 0.5) is 10.5 Å². The predicted molar refractivity (Wildman–Crippen MR) is 146 cm³/mol. The average molecular weight is 512 g/mol. The van der Waals surface area contributed by atoms with Crippen LogP contribution >= 0.6 is 11.6 Å². The van der Waals surface area contributed by atoms with Crippen molar-refractivity contribution in [1.29, 1.82) is 0 Å². The maximum Gasteiger partial charge on any atom is 0.412 e. The molecule has 1 aliphatic carbocycles. The summed E-state index contributed by atoms with van der Waals surface area (Å²) in [7, 11) is 0. The van der Waals surface area contributed by atoms with Gasteiger partial charge in [0.1, 0.15) is 6.10 Å². The van der Waals surface area contributed by atoms with Gasteiger partial charge in [-0.2, -0.15) is 0 Å². The van der Waals surface area contributed by atoms with Gasteiger partial charge < -0.3 is 9.84 Å². The number of aliphatic carboxylic acids is 1. The van der Waals surface area contributed by atoms with E-state index < -0.39 is 23.6 Å². The highest BCUT2D eigenvalue weighted by Crippen LogP contribution is 2.48. The molecule has 2 N–H and O–H groups in total. The predicted octanol–water partition coefficient (Wildman–Crippen LogP) is 8.10. The molecular formula is C31H26ClNO4. The van der Waals surface area contributed by atoms with E-state index in [1.165, 1.54) is 0 Å². The lowest BCUT2D eigenvalue weighted by molar-refractivity contribution is -0.140. The Labute approximate surface area is 220 Å². The number of carboxylic acids is 1. The molecule has 0 saturated heterocycles. The SMILES string of the molecule is CC(OC(=O)Nc1ccccc1-c1ccc(-c2ccc(C3(C(=O)O)CC3)cc2)cc1)c1ccccc1Cl. The molecule has 5 nitrogen and oxygen atoms in total. The van der Waals surface area contributed by atoms with Crippen molar-refractivity contribution in [1.82, 2.24) is 0 Å². The minimum atomic E-state index is -0.751. The number of nitrogens with one attached hydrogen (secondary N) is 1. The Morgan fingerprint density at radius 3 is 2.03 bits per heavy atom. The van der Waals surface area contributed by atoms with Crippen LogP contribution in [-0.2, 0) is 14.9 Å². The number of carbonyl (C=O) groups excluding carboxylic acids is 1. The quantitative estimate of drug-likeness (QED) is 0.263. The fraction of sp³-hybridized carbons (Fsp3) is 0.161. The number of hydrogen-bond acceptors (Lipinski definition) is 3. The van der Waals surface area contributed by atoms with Crippen molar-refractivity contribution in [3.8, 4) is 22.3 Å². The van der Waals surface area contributed by atoms with Gasteiger partial charge in [0.25, 0.3) is 0 Å². The van der Waals surface area contributed by atoms with Gasteiger partial charge in [-0.05, 0) is 54.2 Å². The lowest BCUT2D eigenvalue weighted by atomic mass is 9.93. The Morgan fingerprint density at radius 2 is 1.41 bits per heavy atom. The first kappa shape index (κ1) is 24.6. The Bertz CT molecular complexity index is 1440. The van der Waals surface area contributed by atoms with E-state index in [1.807, 2.05) is 91.0 Å². The minimum Gasteiger partial charge on any atom is -0.481 e. The smallest absolute Gasteiger partial charge is 0.412 e. The molecule has 1 unspecified atom stereocenters. The summed E-state index contributed by atoms with van der Waals surface area (Å²) in [6.45, 7) is 1.78. The molecule has 1 amide bonds. The van der Waals surface area contributed by atoms with Crippen LogP contribution in [-0.4, -0.2) is 17.2 Å². The molecule has 4 aromatic carbocycles. The Morgan fingerprint density at radius 1 is 0.838 bits per heavy atom. The van der Waals surface area contributed by atoms with Gasteiger partial charge in [0, 0.05) is 16.1 Å². The summed E-state index contributed by atoms with van der Waals surface area (Å²) >= 11 is 6.23. The van der Waals surface area contributed by atoms with Gasteiger partial charge in [0.15, 0.2) is 0 Å². The zero-order valence-electron chi connectivity index (χ0n) is 20.3. The van der Waals surface area contributed by atoms with Crippen LogP contribution in [0.1, 0.15) is 37.0 Å². The summed E-state index contributed by atoms with van der Waals surface area (Å²) in [5.74, 6) is -0.751. The maximum absolute atomic E-state index is 12.7. The van der Waals surface area contributed by atoms with Crippen LogP contribution < -0.4 is 5.32 Å². The molecule has 0 aliphatic heterocycles. The van der Waals surface area contributed by atoms with E-state index in [-0.39, 0.29) is 0 Å². The van der Waals surface area contributed by atoms with Crippen molar-refractivity contribution in [2.75, 3.05) is 5.32 Å². The standard InChI is InChI=1S/C31H26ClNO4/c1-20(25-6-2-4-8-27(25)32)37-30(36)33-28-9-5-3-7-26(28)23-12-10-21(11-13-23)22-14-16-24(17-15-22)31(18-19-31)29(34)35/h2-17,20H,18-19H2,1H3,(H,33,36)(H,34,35). The zero-order valence-corrected chi connectivity index (χ0v) is 21.0. The molecule has 0 aromatic heterocycles. The topological polar surface area (TPSA) is 75.6 Å². The summed E-state index contributed by atoms with van der Waals surface area (Å²) < 4.78 is 5.57. The van der Waals surface area contributed by atoms with Crippen LogP contribution in [0.3, 0.4) is 0 Å². The van der Waals surface area contributed by atoms with Crippen molar-refractivity contribution in [2.45, 2.75) is 31.3 Å². The first-order chi connectivity index (χ1) is 17.9. The lowest BCUT2D eigenvalue weighted by Gasteiger charge is -2.17. The summed E-state index contributed by atoms with van der Waals surface area (Å²) in [4.78, 5) is 24.3. The largest absolute Gasteiger partial charge is 0.481 e. The summed E-state index contributed by atoms with van der Waals surface area (Å²) in [6.07, 6.45) is 0.315. The van der Waals surface area contributed by atoms with Gasteiger partial charge in [-0.3, -0.25) is 10.1 Å². The molecule has 0 heterocycles. The van der Waals surface area contributed by atoms with E-state index in [0.29, 0.717) is 23.6 Å². The highest BCUT2D eigenvalue weighted by molar-refractivity contribution is 6.31. The van der Waals surface area contributed by atoms with Gasteiger partial charge in [-0.1, -0.05) is 96.5 Å². The molecule has 186 valence electrons. The van der Waals surface area contributed by atoms with E-state index >= 15 is 0 Å². The maximum atomic E-state index is 12.7. The summed E-state index contributed by atoms with van der Waals surface area (Å²) in [6, 6.07) is 30.6. The molecule has 5 rings (SSSR count). The summed E-state index contributed by atoms with van der Waals surface area (Å²) in [5, 5.41) is 12.9. The van der Waals surface area contributed by atoms with Crippen LogP contribution in [0.2, 0.25) is 5.02 Å². The van der Waals surface area contributed by atoms with Gasteiger partial charge >= 0.3 is 12.1 Å². The number of halogens is 1. The van der Waals surface area contributed by atoms with Gasteiger partial charge in [0.2, 0.25) is 0 Å². The highest BCUT2D eigenvalue weighted by atomic mass is 35.5. The Kier molecular flexibility index (Phi) is 6.72. The van der Waals surface area contributed by atoms with Crippen molar-refractivity contribution >= 4 is 29.4 Å². The van der Waals surface area contributed by atoms with Crippen LogP contribution in [0, 0.1) is 0 Å². The molecule has 37 heavy (non-hydrogen) atoms. The number of benzene rings is 4. The third kappa shape index (κ3) is 5.09. The average Bonchev–Trinajstić information content (AvgIpc) is 3.72. The fourth-order valence-corrected chi connectivity index (χ4v) is 4.88. The van der Waals surface area contributed by atoms with E-state index in [0.717, 1.165) is 33.4 Å². The van der Waals surface area contributed by atoms with Crippen LogP contribution in [0.15, 0.2) is 97.1 Å². The van der Waals surface area contributed by atoms with Crippen LogP contribution in [0.5, 0.6) is 0 Å². The number of carboxylic acid groups (broad SMARTS) is 1. The number of hydrogen-bond donors (Lipinski definition) is 2. The number of anilines is 1. The van der Waals surface area contributed by atoms with Crippen LogP contribution in [0.25, 0.3) is 22.3 Å². The monoisotopic (exact) mass is 511 g/mol. The molecular weight excluding hydrogens is 486 g/mol. The number of ether oxygens (including phenoxy) is 1. The molecule has 1 atom stereocenters. The van der Waals surface area contributed by atoms with Crippen molar-refractivity contribution in [3.63, 3.8) is 0 Å². The molecule has 0 spiro atoms. The number of rotatable bonds is 7.